The number of urea groups is 1. The van der Waals surface area contributed by atoms with Crippen LogP contribution in [0.5, 0.6) is 0 Å². The zero-order chi connectivity index (χ0) is 32.8. The van der Waals surface area contributed by atoms with Crippen molar-refractivity contribution < 1.29 is 28.7 Å². The maximum atomic E-state index is 13.9. The van der Waals surface area contributed by atoms with Crippen LogP contribution in [0.4, 0.5) is 9.59 Å². The lowest BCUT2D eigenvalue weighted by Crippen LogP contribution is -2.59. The maximum absolute atomic E-state index is 13.9. The highest BCUT2D eigenvalue weighted by molar-refractivity contribution is 5.95. The number of amides is 4. The number of aliphatic hydroxyl groups excluding tert-OH is 1. The van der Waals surface area contributed by atoms with Crippen LogP contribution in [0.25, 0.3) is 0 Å². The number of rotatable bonds is 11. The van der Waals surface area contributed by atoms with Crippen LogP contribution in [0.2, 0.25) is 0 Å². The Bertz CT molecular complexity index is 1370. The number of carbonyl (C=O) groups is 3. The van der Waals surface area contributed by atoms with Gasteiger partial charge < -0.3 is 26.3 Å². The molecule has 0 spiro atoms. The molecule has 2 aliphatic rings. The van der Waals surface area contributed by atoms with Crippen molar-refractivity contribution in [3.05, 3.63) is 66.0 Å². The summed E-state index contributed by atoms with van der Waals surface area (Å²) in [6.07, 6.45) is 10.5. The molecule has 1 aliphatic carbocycles. The number of aromatic amines is 1. The second-order valence-corrected chi connectivity index (χ2v) is 13.3. The molecule has 2 aromatic rings. The Hall–Kier alpha value is -3.87. The lowest BCUT2D eigenvalue weighted by atomic mass is 9.83. The summed E-state index contributed by atoms with van der Waals surface area (Å²) in [6, 6.07) is 6.12. The number of aliphatic hydroxyl groups is 1. The van der Waals surface area contributed by atoms with E-state index in [0.29, 0.717) is 23.9 Å². The molecule has 4 amide bonds. The van der Waals surface area contributed by atoms with Crippen LogP contribution in [0, 0.1) is 5.92 Å². The molecule has 1 saturated carbocycles. The van der Waals surface area contributed by atoms with E-state index in [2.05, 4.69) is 15.0 Å². The number of hydrogen-bond donors (Lipinski definition) is 4. The van der Waals surface area contributed by atoms with E-state index >= 15 is 0 Å². The minimum atomic E-state index is -1.10. The van der Waals surface area contributed by atoms with Crippen molar-refractivity contribution in [1.82, 2.24) is 14.9 Å². The first-order chi connectivity index (χ1) is 21.3. The number of benzene rings is 1. The van der Waals surface area contributed by atoms with E-state index in [1.165, 1.54) is 19.0 Å². The lowest BCUT2D eigenvalue weighted by molar-refractivity contribution is -0.606. The number of imidazole rings is 1. The van der Waals surface area contributed by atoms with Gasteiger partial charge in [0.15, 0.2) is 0 Å². The highest BCUT2D eigenvalue weighted by Crippen LogP contribution is 2.35. The Labute approximate surface area is 265 Å². The molecule has 2 heterocycles. The summed E-state index contributed by atoms with van der Waals surface area (Å²) < 4.78 is 4.91. The third-order valence-corrected chi connectivity index (χ3v) is 8.51. The monoisotopic (exact) mass is 622 g/mol. The lowest BCUT2D eigenvalue weighted by Gasteiger charge is -2.41. The van der Waals surface area contributed by atoms with Crippen LogP contribution in [-0.2, 0) is 16.0 Å². The number of aliphatic imine (C=N–C) groups is 1. The van der Waals surface area contributed by atoms with Gasteiger partial charge in [-0.25, -0.2) is 24.4 Å². The minimum Gasteiger partial charge on any atom is -0.444 e. The van der Waals surface area contributed by atoms with E-state index in [-0.39, 0.29) is 12.8 Å². The standard InChI is InChI=1S/C33H47N7O5/c1-22(17-25-20-40(21-38-25,31(35)43)30(42)26(34)18-23-11-7-5-8-12-23)39(32(44)45-33(2,3)4)27(19-24-13-9-6-10-14-24)28(41)29-36-15-16-37-29/h5,7-8,11-12,15-16,20-22,24,26-28,41H,6,9-10,13-14,17-19,34H2,1-4H3,(H2-,35,36,37,43)/p+1/t22-,26+,27+,28-,40?/m1/s1. The normalized spacial score (nSPS) is 21.4. The fourth-order valence-electron chi connectivity index (χ4n) is 6.29. The van der Waals surface area contributed by atoms with Crippen molar-refractivity contribution in [2.45, 2.75) is 109 Å². The number of primary amides is 1. The van der Waals surface area contributed by atoms with Gasteiger partial charge in [-0.2, -0.15) is 0 Å². The number of H-pyrrole nitrogens is 1. The van der Waals surface area contributed by atoms with E-state index in [9.17, 15) is 19.5 Å². The molecule has 6 N–H and O–H groups in total. The topological polar surface area (TPSA) is 177 Å². The first-order valence-corrected chi connectivity index (χ1v) is 15.8. The molecule has 1 aliphatic heterocycles. The Morgan fingerprint density at radius 1 is 1.13 bits per heavy atom. The largest absolute Gasteiger partial charge is 0.444 e. The Kier molecular flexibility index (Phi) is 10.9. The average molecular weight is 623 g/mol. The molecule has 1 unspecified atom stereocenters. The minimum absolute atomic E-state index is 0.163. The van der Waals surface area contributed by atoms with Gasteiger partial charge in [-0.3, -0.25) is 4.90 Å². The fourth-order valence-corrected chi connectivity index (χ4v) is 6.29. The van der Waals surface area contributed by atoms with Crippen molar-refractivity contribution in [2.75, 3.05) is 0 Å². The number of carbonyl (C=O) groups excluding carboxylic acids is 3. The van der Waals surface area contributed by atoms with Crippen LogP contribution < -0.4 is 11.5 Å². The summed E-state index contributed by atoms with van der Waals surface area (Å²) in [5.41, 5.74) is 12.5. The zero-order valence-electron chi connectivity index (χ0n) is 26.8. The van der Waals surface area contributed by atoms with Crippen molar-refractivity contribution >= 4 is 24.4 Å². The van der Waals surface area contributed by atoms with E-state index in [0.717, 1.165) is 31.2 Å². The van der Waals surface area contributed by atoms with E-state index in [1.807, 2.05) is 37.3 Å². The van der Waals surface area contributed by atoms with Gasteiger partial charge in [0, 0.05) is 31.3 Å². The Morgan fingerprint density at radius 3 is 2.42 bits per heavy atom. The number of nitrogens with two attached hydrogens (primary N) is 2. The third kappa shape index (κ3) is 8.44. The van der Waals surface area contributed by atoms with Crippen LogP contribution in [0.1, 0.15) is 90.1 Å². The molecule has 0 saturated heterocycles. The molecule has 12 heteroatoms. The Morgan fingerprint density at radius 2 is 1.82 bits per heavy atom. The molecule has 4 rings (SSSR count). The van der Waals surface area contributed by atoms with Gasteiger partial charge in [-0.1, -0.05) is 62.4 Å². The van der Waals surface area contributed by atoms with Gasteiger partial charge >= 0.3 is 18.0 Å². The van der Waals surface area contributed by atoms with Gasteiger partial charge in [0.05, 0.1) is 6.04 Å². The number of nitrogens with zero attached hydrogens (tertiary/aromatic N) is 4. The fraction of sp³-hybridized carbons (Fsp3) is 0.545. The zero-order valence-corrected chi connectivity index (χ0v) is 26.8. The second-order valence-electron chi connectivity index (χ2n) is 13.3. The molecule has 12 nitrogen and oxygen atoms in total. The predicted octanol–water partition coefficient (Wildman–Crippen LogP) is 4.67. The van der Waals surface area contributed by atoms with Crippen molar-refractivity contribution in [3.63, 3.8) is 0 Å². The summed E-state index contributed by atoms with van der Waals surface area (Å²) in [5.74, 6) is 0.0689. The molecule has 45 heavy (non-hydrogen) atoms. The van der Waals surface area contributed by atoms with Crippen LogP contribution in [0.15, 0.2) is 59.6 Å². The van der Waals surface area contributed by atoms with Gasteiger partial charge in [0.2, 0.25) is 6.34 Å². The molecule has 1 fully saturated rings. The summed E-state index contributed by atoms with van der Waals surface area (Å²) in [6.45, 7) is 7.21. The molecular formula is C33H48N7O5+. The van der Waals surface area contributed by atoms with E-state index in [4.69, 9.17) is 16.2 Å². The summed E-state index contributed by atoms with van der Waals surface area (Å²) in [5, 5.41) is 11.6. The van der Waals surface area contributed by atoms with Gasteiger partial charge in [0.1, 0.15) is 35.5 Å². The number of imide groups is 1. The number of ether oxygens (including phenoxy) is 1. The molecular weight excluding hydrogens is 574 g/mol. The van der Waals surface area contributed by atoms with Crippen LogP contribution >= 0.6 is 0 Å². The molecule has 5 atom stereocenters. The summed E-state index contributed by atoms with van der Waals surface area (Å²) in [4.78, 5) is 53.5. The SMILES string of the molecule is C[C@H](CC1=C[N+](C(N)=O)(C(=O)[C@@H](N)Cc2ccccc2)C=N1)N(C(=O)OC(C)(C)C)[C@@H](CC1CCCCC1)[C@@H](O)c1ncc[nH]1. The average Bonchev–Trinajstić information content (AvgIpc) is 3.68. The molecule has 1 aromatic carbocycles. The van der Waals surface area contributed by atoms with E-state index < -0.39 is 52.3 Å². The quantitative estimate of drug-likeness (QED) is 0.263. The summed E-state index contributed by atoms with van der Waals surface area (Å²) >= 11 is 0. The van der Waals surface area contributed by atoms with Crippen LogP contribution in [0.3, 0.4) is 0 Å². The van der Waals surface area contributed by atoms with Gasteiger partial charge in [-0.05, 0) is 45.6 Å². The number of aromatic nitrogens is 2. The third-order valence-electron chi connectivity index (χ3n) is 8.51. The van der Waals surface area contributed by atoms with Crippen molar-refractivity contribution in [1.29, 1.82) is 0 Å². The van der Waals surface area contributed by atoms with Crippen LogP contribution in [-0.4, -0.2) is 72.6 Å². The second kappa shape index (κ2) is 14.5. The molecule has 0 bridgehead atoms. The first kappa shape index (κ1) is 34.0. The maximum Gasteiger partial charge on any atom is 0.432 e. The highest BCUT2D eigenvalue weighted by atomic mass is 16.6. The Balaban J connectivity index is 1.63. The molecule has 0 radical (unpaired) electrons. The highest BCUT2D eigenvalue weighted by Gasteiger charge is 2.48. The van der Waals surface area contributed by atoms with E-state index in [1.54, 1.807) is 38.1 Å². The van der Waals surface area contributed by atoms with Crippen molar-refractivity contribution in [3.8, 4) is 0 Å². The number of nitrogens with one attached hydrogen (secondary N) is 1. The smallest absolute Gasteiger partial charge is 0.432 e. The van der Waals surface area contributed by atoms with Gasteiger partial charge in [0.25, 0.3) is 0 Å². The first-order valence-electron chi connectivity index (χ1n) is 15.8. The molecule has 1 aromatic heterocycles. The summed E-state index contributed by atoms with van der Waals surface area (Å²) in [7, 11) is 0. The van der Waals surface area contributed by atoms with Gasteiger partial charge in [-0.15, -0.1) is 4.48 Å². The number of hydrogen-bond acceptors (Lipinski definition) is 8. The predicted molar refractivity (Wildman–Crippen MR) is 170 cm³/mol. The number of quaternary nitrogens is 1. The van der Waals surface area contributed by atoms with Crippen molar-refractivity contribution in [2.24, 2.45) is 22.4 Å². The molecule has 244 valence electrons.